The average Bonchev–Trinajstić information content (AvgIpc) is 2.32. The summed E-state index contributed by atoms with van der Waals surface area (Å²) >= 11 is 0. The van der Waals surface area contributed by atoms with Gasteiger partial charge in [-0.3, -0.25) is 9.89 Å². The molecule has 4 nitrogen and oxygen atoms in total. The maximum absolute atomic E-state index is 11.7. The summed E-state index contributed by atoms with van der Waals surface area (Å²) in [7, 11) is 0. The van der Waals surface area contributed by atoms with Crippen molar-refractivity contribution in [3.8, 4) is 0 Å². The minimum absolute atomic E-state index is 0.00955. The monoisotopic (exact) mass is 209 g/mol. The van der Waals surface area contributed by atoms with Crippen LogP contribution < -0.4 is 5.32 Å². The second kappa shape index (κ2) is 4.04. The molecule has 0 aliphatic heterocycles. The topological polar surface area (TPSA) is 57.8 Å². The molecule has 1 amide bonds. The lowest BCUT2D eigenvalue weighted by Crippen LogP contribution is -2.20. The van der Waals surface area contributed by atoms with Crippen molar-refractivity contribution in [1.29, 1.82) is 0 Å². The van der Waals surface area contributed by atoms with Crippen molar-refractivity contribution in [2.75, 3.05) is 5.32 Å². The van der Waals surface area contributed by atoms with E-state index in [0.717, 1.165) is 17.1 Å². The van der Waals surface area contributed by atoms with E-state index >= 15 is 0 Å². The Morgan fingerprint density at radius 3 is 2.40 bits per heavy atom. The summed E-state index contributed by atoms with van der Waals surface area (Å²) in [5.41, 5.74) is 2.55. The van der Waals surface area contributed by atoms with E-state index in [1.165, 1.54) is 0 Å². The third-order valence-electron chi connectivity index (χ3n) is 2.08. The van der Waals surface area contributed by atoms with Gasteiger partial charge >= 0.3 is 0 Å². The summed E-state index contributed by atoms with van der Waals surface area (Å²) < 4.78 is 0. The number of nitrogens with zero attached hydrogens (tertiary/aromatic N) is 1. The quantitative estimate of drug-likeness (QED) is 0.785. The van der Waals surface area contributed by atoms with E-state index in [1.54, 1.807) is 0 Å². The summed E-state index contributed by atoms with van der Waals surface area (Å²) in [6.45, 7) is 9.90. The van der Waals surface area contributed by atoms with E-state index in [4.69, 9.17) is 0 Å². The fourth-order valence-corrected chi connectivity index (χ4v) is 1.40. The number of nitrogens with one attached hydrogen (secondary N) is 2. The standard InChI is InChI=1S/C11H19N3O/c1-7-10(8(2)14-13-7)12-9(15)6-11(3,4)5/h6H2,1-5H3,(H,12,15)(H,13,14). The van der Waals surface area contributed by atoms with Gasteiger partial charge in [0.05, 0.1) is 17.1 Å². The highest BCUT2D eigenvalue weighted by molar-refractivity contribution is 5.92. The highest BCUT2D eigenvalue weighted by atomic mass is 16.1. The Balaban J connectivity index is 2.67. The molecule has 0 unspecified atom stereocenters. The normalized spacial score (nSPS) is 11.5. The Kier molecular flexibility index (Phi) is 3.17. The van der Waals surface area contributed by atoms with E-state index in [2.05, 4.69) is 15.5 Å². The van der Waals surface area contributed by atoms with Crippen LogP contribution in [-0.2, 0) is 4.79 Å². The first-order valence-electron chi connectivity index (χ1n) is 5.11. The summed E-state index contributed by atoms with van der Waals surface area (Å²) in [6.07, 6.45) is 0.511. The molecule has 4 heteroatoms. The zero-order chi connectivity index (χ0) is 11.6. The molecule has 84 valence electrons. The molecule has 1 rings (SSSR count). The van der Waals surface area contributed by atoms with Crippen molar-refractivity contribution in [1.82, 2.24) is 10.2 Å². The summed E-state index contributed by atoms with van der Waals surface area (Å²) in [5.74, 6) is 0.0371. The second-order valence-electron chi connectivity index (χ2n) is 5.09. The number of rotatable bonds is 2. The van der Waals surface area contributed by atoms with E-state index in [9.17, 15) is 4.79 Å². The van der Waals surface area contributed by atoms with Gasteiger partial charge in [-0.2, -0.15) is 5.10 Å². The molecule has 1 aromatic heterocycles. The predicted molar refractivity (Wildman–Crippen MR) is 60.8 cm³/mol. The third kappa shape index (κ3) is 3.38. The molecule has 1 aromatic rings. The SMILES string of the molecule is Cc1n[nH]c(C)c1NC(=O)CC(C)(C)C. The van der Waals surface area contributed by atoms with Gasteiger partial charge in [0.1, 0.15) is 0 Å². The minimum atomic E-state index is 0.00955. The number of amides is 1. The number of anilines is 1. The summed E-state index contributed by atoms with van der Waals surface area (Å²) in [5, 5.41) is 9.75. The summed E-state index contributed by atoms with van der Waals surface area (Å²) in [6, 6.07) is 0. The molecule has 0 fully saturated rings. The van der Waals surface area contributed by atoms with Gasteiger partial charge in [0.15, 0.2) is 0 Å². The van der Waals surface area contributed by atoms with Crippen LogP contribution in [0.4, 0.5) is 5.69 Å². The van der Waals surface area contributed by atoms with Crippen LogP contribution in [0.1, 0.15) is 38.6 Å². The molecular formula is C11H19N3O. The maximum Gasteiger partial charge on any atom is 0.224 e. The van der Waals surface area contributed by atoms with Crippen molar-refractivity contribution in [3.63, 3.8) is 0 Å². The van der Waals surface area contributed by atoms with Gasteiger partial charge in [-0.1, -0.05) is 20.8 Å². The molecule has 0 aliphatic carbocycles. The molecule has 0 saturated heterocycles. The molecule has 0 radical (unpaired) electrons. The summed E-state index contributed by atoms with van der Waals surface area (Å²) in [4.78, 5) is 11.7. The van der Waals surface area contributed by atoms with Crippen LogP contribution >= 0.6 is 0 Å². The molecule has 1 heterocycles. The van der Waals surface area contributed by atoms with Crippen molar-refractivity contribution in [2.24, 2.45) is 5.41 Å². The maximum atomic E-state index is 11.7. The Morgan fingerprint density at radius 2 is 2.00 bits per heavy atom. The minimum Gasteiger partial charge on any atom is -0.323 e. The first-order valence-corrected chi connectivity index (χ1v) is 5.11. The van der Waals surface area contributed by atoms with Crippen LogP contribution in [-0.4, -0.2) is 16.1 Å². The van der Waals surface area contributed by atoms with Crippen molar-refractivity contribution < 1.29 is 4.79 Å². The number of hydrogen-bond acceptors (Lipinski definition) is 2. The first-order chi connectivity index (χ1) is 6.79. The molecule has 0 saturated carbocycles. The smallest absolute Gasteiger partial charge is 0.224 e. The van der Waals surface area contributed by atoms with Crippen LogP contribution in [0.3, 0.4) is 0 Å². The molecule has 0 aromatic carbocycles. The number of hydrogen-bond donors (Lipinski definition) is 2. The largest absolute Gasteiger partial charge is 0.323 e. The van der Waals surface area contributed by atoms with Crippen LogP contribution in [0.15, 0.2) is 0 Å². The van der Waals surface area contributed by atoms with Gasteiger partial charge in [-0.25, -0.2) is 0 Å². The van der Waals surface area contributed by atoms with Crippen LogP contribution in [0.25, 0.3) is 0 Å². The second-order valence-corrected chi connectivity index (χ2v) is 5.09. The molecule has 0 spiro atoms. The molecule has 15 heavy (non-hydrogen) atoms. The fraction of sp³-hybridized carbons (Fsp3) is 0.636. The van der Waals surface area contributed by atoms with Crippen molar-refractivity contribution >= 4 is 11.6 Å². The van der Waals surface area contributed by atoms with Gasteiger partial charge in [-0.15, -0.1) is 0 Å². The van der Waals surface area contributed by atoms with Gasteiger partial charge < -0.3 is 5.32 Å². The molecule has 0 atom stereocenters. The highest BCUT2D eigenvalue weighted by Gasteiger charge is 2.17. The number of carbonyl (C=O) groups is 1. The lowest BCUT2D eigenvalue weighted by atomic mass is 9.92. The van der Waals surface area contributed by atoms with E-state index in [1.807, 2.05) is 34.6 Å². The molecule has 0 bridgehead atoms. The van der Waals surface area contributed by atoms with Gasteiger partial charge in [-0.05, 0) is 19.3 Å². The lowest BCUT2D eigenvalue weighted by Gasteiger charge is -2.17. The first kappa shape index (κ1) is 11.8. The van der Waals surface area contributed by atoms with Crippen LogP contribution in [0.2, 0.25) is 0 Å². The van der Waals surface area contributed by atoms with Gasteiger partial charge in [0, 0.05) is 6.42 Å². The molecule has 0 aliphatic rings. The number of aromatic amines is 1. The van der Waals surface area contributed by atoms with Gasteiger partial charge in [0.2, 0.25) is 5.91 Å². The zero-order valence-electron chi connectivity index (χ0n) is 10.1. The number of H-pyrrole nitrogens is 1. The fourth-order valence-electron chi connectivity index (χ4n) is 1.40. The Morgan fingerprint density at radius 1 is 1.40 bits per heavy atom. The lowest BCUT2D eigenvalue weighted by molar-refractivity contribution is -0.117. The van der Waals surface area contributed by atoms with Gasteiger partial charge in [0.25, 0.3) is 0 Å². The van der Waals surface area contributed by atoms with Crippen LogP contribution in [0, 0.1) is 19.3 Å². The zero-order valence-corrected chi connectivity index (χ0v) is 10.1. The Hall–Kier alpha value is -1.32. The number of aromatic nitrogens is 2. The number of aryl methyl sites for hydroxylation is 2. The van der Waals surface area contributed by atoms with E-state index in [0.29, 0.717) is 6.42 Å². The van der Waals surface area contributed by atoms with E-state index < -0.39 is 0 Å². The highest BCUT2D eigenvalue weighted by Crippen LogP contribution is 2.21. The van der Waals surface area contributed by atoms with Crippen molar-refractivity contribution in [3.05, 3.63) is 11.4 Å². The van der Waals surface area contributed by atoms with E-state index in [-0.39, 0.29) is 11.3 Å². The van der Waals surface area contributed by atoms with Crippen LogP contribution in [0.5, 0.6) is 0 Å². The third-order valence-corrected chi connectivity index (χ3v) is 2.08. The molecule has 2 N–H and O–H groups in total. The number of carbonyl (C=O) groups excluding carboxylic acids is 1. The molecular weight excluding hydrogens is 190 g/mol. The Labute approximate surface area is 90.5 Å². The Bertz CT molecular complexity index is 341. The van der Waals surface area contributed by atoms with Crippen molar-refractivity contribution in [2.45, 2.75) is 41.0 Å². The average molecular weight is 209 g/mol. The predicted octanol–water partition coefficient (Wildman–Crippen LogP) is 2.40.